The van der Waals surface area contributed by atoms with E-state index in [9.17, 15) is 0 Å². The summed E-state index contributed by atoms with van der Waals surface area (Å²) in [5.74, 6) is 0.502. The first-order valence-electron chi connectivity index (χ1n) is 2.91. The number of fused-ring (bicyclic) bond motifs is 1. The third-order valence-corrected chi connectivity index (χ3v) is 1.87. The lowest BCUT2D eigenvalue weighted by atomic mass is 10.3. The molecule has 0 amide bonds. The Bertz CT molecular complexity index is 358. The Kier molecular flexibility index (Phi) is 1.05. The monoisotopic (exact) mass is 156 g/mol. The van der Waals surface area contributed by atoms with Gasteiger partial charge < -0.3 is 8.83 Å². The Balaban J connectivity index is 2.95. The molecule has 0 spiro atoms. The first-order valence-corrected chi connectivity index (χ1v) is 3.29. The number of hydrogen-bond donors (Lipinski definition) is 0. The van der Waals surface area contributed by atoms with Gasteiger partial charge in [0.1, 0.15) is 0 Å². The maximum Gasteiger partial charge on any atom is 0.298 e. The summed E-state index contributed by atoms with van der Waals surface area (Å²) in [5, 5.41) is 1.36. The molecule has 2 heterocycles. The molecule has 2 aromatic rings. The molecule has 0 atom stereocenters. The quantitative estimate of drug-likeness (QED) is 0.586. The minimum Gasteiger partial charge on any atom is -0.433 e. The van der Waals surface area contributed by atoms with Crippen molar-refractivity contribution in [1.82, 2.24) is 0 Å². The summed E-state index contributed by atoms with van der Waals surface area (Å²) in [4.78, 5) is 0. The van der Waals surface area contributed by atoms with E-state index in [-0.39, 0.29) is 0 Å². The average molecular weight is 157 g/mol. The maximum atomic E-state index is 5.67. The second kappa shape index (κ2) is 1.80. The molecule has 0 aromatic carbocycles. The van der Waals surface area contributed by atoms with Crippen LogP contribution in [-0.2, 0) is 0 Å². The predicted molar refractivity (Wildman–Crippen MR) is 38.2 cm³/mol. The van der Waals surface area contributed by atoms with Gasteiger partial charge in [-0.05, 0) is 24.6 Å². The van der Waals surface area contributed by atoms with Crippen molar-refractivity contribution < 1.29 is 8.83 Å². The van der Waals surface area contributed by atoms with E-state index in [1.54, 1.807) is 6.26 Å². The fourth-order valence-electron chi connectivity index (χ4n) is 0.916. The van der Waals surface area contributed by atoms with E-state index in [0.717, 1.165) is 10.9 Å². The first kappa shape index (κ1) is 5.86. The number of furan rings is 2. The highest BCUT2D eigenvalue weighted by molar-refractivity contribution is 6.30. The standard InChI is InChI=1S/C7H5ClO2/c1-4-5-2-3-9-7(5)10-6(4)8/h2-3H,1H3. The smallest absolute Gasteiger partial charge is 0.298 e. The molecule has 2 rings (SSSR count). The largest absolute Gasteiger partial charge is 0.433 e. The van der Waals surface area contributed by atoms with Gasteiger partial charge in [0.25, 0.3) is 5.78 Å². The van der Waals surface area contributed by atoms with Crippen LogP contribution >= 0.6 is 11.6 Å². The van der Waals surface area contributed by atoms with Crippen LogP contribution in [0.25, 0.3) is 11.2 Å². The van der Waals surface area contributed by atoms with E-state index < -0.39 is 0 Å². The highest BCUT2D eigenvalue weighted by atomic mass is 35.5. The third-order valence-electron chi connectivity index (χ3n) is 1.51. The Labute approximate surface area is 62.4 Å². The van der Waals surface area contributed by atoms with E-state index >= 15 is 0 Å². The normalized spacial score (nSPS) is 11.0. The van der Waals surface area contributed by atoms with Gasteiger partial charge in [-0.1, -0.05) is 0 Å². The van der Waals surface area contributed by atoms with Crippen molar-refractivity contribution in [2.24, 2.45) is 0 Å². The molecule has 52 valence electrons. The van der Waals surface area contributed by atoms with Crippen LogP contribution in [0.4, 0.5) is 0 Å². The molecule has 0 aliphatic rings. The van der Waals surface area contributed by atoms with E-state index in [1.807, 2.05) is 13.0 Å². The topological polar surface area (TPSA) is 26.3 Å². The van der Waals surface area contributed by atoms with E-state index in [0.29, 0.717) is 11.0 Å². The summed E-state index contributed by atoms with van der Waals surface area (Å²) >= 11 is 5.67. The second-order valence-electron chi connectivity index (χ2n) is 2.12. The fraction of sp³-hybridized carbons (Fsp3) is 0.143. The molecule has 0 aliphatic carbocycles. The zero-order valence-corrected chi connectivity index (χ0v) is 6.11. The Morgan fingerprint density at radius 1 is 1.50 bits per heavy atom. The van der Waals surface area contributed by atoms with Gasteiger partial charge in [-0.15, -0.1) is 0 Å². The average Bonchev–Trinajstić information content (AvgIpc) is 2.41. The molecular formula is C7H5ClO2. The number of rotatable bonds is 0. The minimum atomic E-state index is 0.411. The van der Waals surface area contributed by atoms with Crippen LogP contribution in [0.5, 0.6) is 0 Å². The van der Waals surface area contributed by atoms with Gasteiger partial charge in [-0.3, -0.25) is 0 Å². The van der Waals surface area contributed by atoms with Crippen molar-refractivity contribution in [3.63, 3.8) is 0 Å². The third kappa shape index (κ3) is 0.596. The van der Waals surface area contributed by atoms with Gasteiger partial charge in [0.15, 0.2) is 0 Å². The molecule has 0 aliphatic heterocycles. The van der Waals surface area contributed by atoms with Gasteiger partial charge in [0.05, 0.1) is 11.6 Å². The molecule has 0 unspecified atom stereocenters. The second-order valence-corrected chi connectivity index (χ2v) is 2.47. The lowest BCUT2D eigenvalue weighted by Gasteiger charge is -1.78. The molecular weight excluding hydrogens is 152 g/mol. The van der Waals surface area contributed by atoms with E-state index in [2.05, 4.69) is 0 Å². The summed E-state index contributed by atoms with van der Waals surface area (Å²) in [5.41, 5.74) is 0.936. The van der Waals surface area contributed by atoms with Crippen LogP contribution in [0.2, 0.25) is 5.22 Å². The van der Waals surface area contributed by atoms with E-state index in [1.165, 1.54) is 0 Å². The van der Waals surface area contributed by atoms with Crippen LogP contribution in [0, 0.1) is 6.92 Å². The van der Waals surface area contributed by atoms with Gasteiger partial charge in [0, 0.05) is 5.56 Å². The number of hydrogen-bond acceptors (Lipinski definition) is 2. The summed E-state index contributed by atoms with van der Waals surface area (Å²) < 4.78 is 10.0. The van der Waals surface area contributed by atoms with Gasteiger partial charge in [-0.2, -0.15) is 0 Å². The van der Waals surface area contributed by atoms with Crippen molar-refractivity contribution in [2.45, 2.75) is 6.92 Å². The maximum absolute atomic E-state index is 5.67. The van der Waals surface area contributed by atoms with Crippen LogP contribution in [0.1, 0.15) is 5.56 Å². The van der Waals surface area contributed by atoms with Crippen molar-refractivity contribution in [3.8, 4) is 0 Å². The highest BCUT2D eigenvalue weighted by Gasteiger charge is 2.09. The van der Waals surface area contributed by atoms with Crippen molar-refractivity contribution in [1.29, 1.82) is 0 Å². The Morgan fingerprint density at radius 3 is 3.00 bits per heavy atom. The van der Waals surface area contributed by atoms with Crippen LogP contribution in [0.3, 0.4) is 0 Å². The highest BCUT2D eigenvalue weighted by Crippen LogP contribution is 2.28. The van der Waals surface area contributed by atoms with Crippen LogP contribution in [-0.4, -0.2) is 0 Å². The summed E-state index contributed by atoms with van der Waals surface area (Å²) in [6, 6.07) is 1.83. The zero-order valence-electron chi connectivity index (χ0n) is 5.35. The molecule has 0 bridgehead atoms. The van der Waals surface area contributed by atoms with Crippen LogP contribution < -0.4 is 0 Å². The molecule has 2 aromatic heterocycles. The molecule has 3 heteroatoms. The molecule has 0 N–H and O–H groups in total. The molecule has 0 saturated heterocycles. The molecule has 2 nitrogen and oxygen atoms in total. The molecule has 0 radical (unpaired) electrons. The number of aryl methyl sites for hydroxylation is 1. The Hall–Kier alpha value is -0.890. The lowest BCUT2D eigenvalue weighted by molar-refractivity contribution is 0.478. The minimum absolute atomic E-state index is 0.411. The predicted octanol–water partition coefficient (Wildman–Crippen LogP) is 2.99. The van der Waals surface area contributed by atoms with Gasteiger partial charge >= 0.3 is 0 Å². The fourth-order valence-corrected chi connectivity index (χ4v) is 1.09. The molecule has 0 fully saturated rings. The van der Waals surface area contributed by atoms with Crippen molar-refractivity contribution in [2.75, 3.05) is 0 Å². The summed E-state index contributed by atoms with van der Waals surface area (Å²) in [6.45, 7) is 1.89. The first-order chi connectivity index (χ1) is 4.79. The van der Waals surface area contributed by atoms with Crippen molar-refractivity contribution in [3.05, 3.63) is 23.1 Å². The van der Waals surface area contributed by atoms with Crippen LogP contribution in [0.15, 0.2) is 21.2 Å². The summed E-state index contributed by atoms with van der Waals surface area (Å²) in [6.07, 6.45) is 1.58. The summed E-state index contributed by atoms with van der Waals surface area (Å²) in [7, 11) is 0. The zero-order chi connectivity index (χ0) is 7.14. The number of halogens is 1. The SMILES string of the molecule is Cc1c(Cl)oc2occc12. The molecule has 0 saturated carbocycles. The van der Waals surface area contributed by atoms with Gasteiger partial charge in [-0.25, -0.2) is 0 Å². The van der Waals surface area contributed by atoms with Gasteiger partial charge in [0.2, 0.25) is 5.22 Å². The lowest BCUT2D eigenvalue weighted by Crippen LogP contribution is -1.60. The Morgan fingerprint density at radius 2 is 2.30 bits per heavy atom. The van der Waals surface area contributed by atoms with E-state index in [4.69, 9.17) is 20.4 Å². The molecule has 10 heavy (non-hydrogen) atoms. The van der Waals surface area contributed by atoms with Crippen molar-refractivity contribution >= 4 is 22.8 Å².